The molecule has 0 saturated heterocycles. The van der Waals surface area contributed by atoms with Crippen LogP contribution in [0.25, 0.3) is 15.9 Å². The molecule has 6 heteroatoms. The topological polar surface area (TPSA) is 39.3 Å². The molecule has 0 spiro atoms. The molecule has 0 radical (unpaired) electrons. The van der Waals surface area contributed by atoms with E-state index in [2.05, 4.69) is 44.2 Å². The first-order valence-corrected chi connectivity index (χ1v) is 13.0. The molecule has 2 aromatic heterocycles. The minimum Gasteiger partial charge on any atom is -0.326 e. The van der Waals surface area contributed by atoms with Gasteiger partial charge in [0.15, 0.2) is 5.16 Å². The van der Waals surface area contributed by atoms with E-state index < -0.39 is 0 Å². The van der Waals surface area contributed by atoms with Gasteiger partial charge in [-0.25, -0.2) is 4.98 Å². The van der Waals surface area contributed by atoms with Gasteiger partial charge in [0.05, 0.1) is 22.5 Å². The number of quaternary nitrogens is 1. The Morgan fingerprint density at radius 2 is 1.81 bits per heavy atom. The molecule has 4 nitrogen and oxygen atoms in total. The summed E-state index contributed by atoms with van der Waals surface area (Å²) in [5, 5.41) is 1.64. The van der Waals surface area contributed by atoms with E-state index in [4.69, 9.17) is 4.98 Å². The summed E-state index contributed by atoms with van der Waals surface area (Å²) in [6.45, 7) is 7.42. The highest BCUT2D eigenvalue weighted by Gasteiger charge is 2.27. The molecule has 0 fully saturated rings. The van der Waals surface area contributed by atoms with E-state index in [1.54, 1.807) is 28.0 Å². The van der Waals surface area contributed by atoms with E-state index in [0.717, 1.165) is 52.9 Å². The number of thioether (sulfide) groups is 1. The Kier molecular flexibility index (Phi) is 6.17. The largest absolute Gasteiger partial charge is 0.326 e. The van der Waals surface area contributed by atoms with E-state index >= 15 is 0 Å². The third kappa shape index (κ3) is 4.27. The van der Waals surface area contributed by atoms with Gasteiger partial charge in [0.1, 0.15) is 17.9 Å². The van der Waals surface area contributed by atoms with Gasteiger partial charge >= 0.3 is 0 Å². The molecule has 1 atom stereocenters. The number of thiophene rings is 1. The molecule has 1 aliphatic rings. The van der Waals surface area contributed by atoms with Gasteiger partial charge in [0, 0.05) is 17.7 Å². The summed E-state index contributed by atoms with van der Waals surface area (Å²) in [6.07, 6.45) is 0.932. The molecule has 0 bridgehead atoms. The molecule has 1 unspecified atom stereocenters. The number of aromatic nitrogens is 2. The van der Waals surface area contributed by atoms with Crippen LogP contribution in [-0.2, 0) is 19.5 Å². The van der Waals surface area contributed by atoms with Crippen LogP contribution in [0.15, 0.2) is 70.6 Å². The second kappa shape index (κ2) is 9.22. The van der Waals surface area contributed by atoms with Crippen LogP contribution < -0.4 is 10.5 Å². The summed E-state index contributed by atoms with van der Waals surface area (Å²) < 4.78 is 1.82. The van der Waals surface area contributed by atoms with E-state index in [0.29, 0.717) is 5.92 Å². The van der Waals surface area contributed by atoms with E-state index in [1.807, 2.05) is 34.9 Å². The molecule has 3 heterocycles. The Morgan fingerprint density at radius 1 is 1.09 bits per heavy atom. The van der Waals surface area contributed by atoms with Crippen LogP contribution >= 0.6 is 23.1 Å². The van der Waals surface area contributed by atoms with Gasteiger partial charge in [-0.2, -0.15) is 0 Å². The molecule has 5 rings (SSSR count). The number of hydrogen-bond donors (Lipinski definition) is 1. The summed E-state index contributed by atoms with van der Waals surface area (Å²) in [7, 11) is 0. The molecule has 0 amide bonds. The number of benzene rings is 2. The van der Waals surface area contributed by atoms with Crippen LogP contribution in [-0.4, -0.2) is 21.8 Å². The van der Waals surface area contributed by atoms with Crippen molar-refractivity contribution in [3.8, 4) is 5.69 Å². The van der Waals surface area contributed by atoms with E-state index in [1.165, 1.54) is 16.0 Å². The first kappa shape index (κ1) is 21.4. The predicted molar refractivity (Wildman–Crippen MR) is 134 cm³/mol. The highest BCUT2D eigenvalue weighted by Crippen LogP contribution is 2.32. The lowest BCUT2D eigenvalue weighted by molar-refractivity contribution is -0.929. The van der Waals surface area contributed by atoms with Crippen LogP contribution in [0.5, 0.6) is 0 Å². The predicted octanol–water partition coefficient (Wildman–Crippen LogP) is 4.34. The van der Waals surface area contributed by atoms with Crippen molar-refractivity contribution in [1.82, 2.24) is 9.55 Å². The molecule has 0 aliphatic carbocycles. The Balaban J connectivity index is 1.56. The highest BCUT2D eigenvalue weighted by atomic mass is 32.2. The lowest BCUT2D eigenvalue weighted by Crippen LogP contribution is -3.10. The van der Waals surface area contributed by atoms with Gasteiger partial charge < -0.3 is 4.90 Å². The monoisotopic (exact) mass is 462 g/mol. The lowest BCUT2D eigenvalue weighted by Gasteiger charge is -2.24. The van der Waals surface area contributed by atoms with Crippen LogP contribution in [0.1, 0.15) is 29.9 Å². The molecular formula is C26H28N3OS2+. The quantitative estimate of drug-likeness (QED) is 0.342. The van der Waals surface area contributed by atoms with Gasteiger partial charge in [-0.15, -0.1) is 11.3 Å². The van der Waals surface area contributed by atoms with Crippen molar-refractivity contribution in [3.63, 3.8) is 0 Å². The van der Waals surface area contributed by atoms with Gasteiger partial charge in [0.25, 0.3) is 5.56 Å². The first-order valence-electron chi connectivity index (χ1n) is 11.2. The van der Waals surface area contributed by atoms with Gasteiger partial charge in [-0.3, -0.25) is 9.36 Å². The average molecular weight is 463 g/mol. The number of para-hydroxylation sites is 1. The zero-order chi connectivity index (χ0) is 22.1. The van der Waals surface area contributed by atoms with Crippen molar-refractivity contribution >= 4 is 33.3 Å². The molecule has 1 N–H and O–H groups in total. The number of nitrogens with one attached hydrogen (secondary N) is 1. The minimum atomic E-state index is 0.0801. The molecule has 164 valence electrons. The van der Waals surface area contributed by atoms with E-state index in [9.17, 15) is 4.79 Å². The molecule has 4 aromatic rings. The zero-order valence-electron chi connectivity index (χ0n) is 18.5. The minimum absolute atomic E-state index is 0.0801. The van der Waals surface area contributed by atoms with Crippen LogP contribution in [0.3, 0.4) is 0 Å². The molecule has 2 aromatic carbocycles. The fraction of sp³-hybridized carbons (Fsp3) is 0.308. The second-order valence-corrected chi connectivity index (χ2v) is 10.9. The lowest BCUT2D eigenvalue weighted by atomic mass is 10.0. The highest BCUT2D eigenvalue weighted by molar-refractivity contribution is 7.99. The fourth-order valence-corrected chi connectivity index (χ4v) is 6.63. The van der Waals surface area contributed by atoms with Crippen molar-refractivity contribution < 1.29 is 4.90 Å². The third-order valence-electron chi connectivity index (χ3n) is 5.87. The van der Waals surface area contributed by atoms with Crippen molar-refractivity contribution in [2.24, 2.45) is 5.92 Å². The summed E-state index contributed by atoms with van der Waals surface area (Å²) in [6, 6.07) is 20.6. The van der Waals surface area contributed by atoms with Crippen molar-refractivity contribution in [2.45, 2.75) is 38.5 Å². The van der Waals surface area contributed by atoms with Gasteiger partial charge in [0.2, 0.25) is 0 Å². The molecular weight excluding hydrogens is 434 g/mol. The summed E-state index contributed by atoms with van der Waals surface area (Å²) in [4.78, 5) is 22.6. The van der Waals surface area contributed by atoms with Crippen LogP contribution in [0.4, 0.5) is 0 Å². The summed E-state index contributed by atoms with van der Waals surface area (Å²) in [5.41, 5.74) is 3.56. The molecule has 32 heavy (non-hydrogen) atoms. The van der Waals surface area contributed by atoms with Gasteiger partial charge in [-0.1, -0.05) is 74.1 Å². The SMILES string of the molecule is CC(C)CSc1nc2sc3c(c2c(=O)n1-c1ccccc1)CC[NH+](Cc1ccccc1)C3. The molecule has 1 aliphatic heterocycles. The number of rotatable bonds is 6. The Bertz CT molecular complexity index is 1280. The maximum Gasteiger partial charge on any atom is 0.267 e. The first-order chi connectivity index (χ1) is 15.6. The maximum atomic E-state index is 13.8. The Hall–Kier alpha value is -2.41. The number of nitrogens with zero attached hydrogens (tertiary/aromatic N) is 2. The number of fused-ring (bicyclic) bond motifs is 3. The van der Waals surface area contributed by atoms with Crippen molar-refractivity contribution in [1.29, 1.82) is 0 Å². The molecule has 0 saturated carbocycles. The van der Waals surface area contributed by atoms with Crippen LogP contribution in [0.2, 0.25) is 0 Å². The van der Waals surface area contributed by atoms with Crippen molar-refractivity contribution in [2.75, 3.05) is 12.3 Å². The smallest absolute Gasteiger partial charge is 0.267 e. The Labute approximate surface area is 196 Å². The number of hydrogen-bond acceptors (Lipinski definition) is 4. The third-order valence-corrected chi connectivity index (χ3v) is 8.37. The maximum absolute atomic E-state index is 13.8. The van der Waals surface area contributed by atoms with Crippen LogP contribution in [0, 0.1) is 5.92 Å². The summed E-state index contributed by atoms with van der Waals surface area (Å²) >= 11 is 3.40. The van der Waals surface area contributed by atoms with Crippen molar-refractivity contribution in [3.05, 3.63) is 87.0 Å². The average Bonchev–Trinajstić information content (AvgIpc) is 3.17. The summed E-state index contributed by atoms with van der Waals surface area (Å²) in [5.74, 6) is 1.47. The van der Waals surface area contributed by atoms with E-state index in [-0.39, 0.29) is 5.56 Å². The normalized spacial score (nSPS) is 15.9. The zero-order valence-corrected chi connectivity index (χ0v) is 20.1. The van der Waals surface area contributed by atoms with Gasteiger partial charge in [-0.05, 0) is 23.6 Å². The fourth-order valence-electron chi connectivity index (χ4n) is 4.34. The Morgan fingerprint density at radius 3 is 2.53 bits per heavy atom. The standard InChI is InChI=1S/C26H27N3OS2/c1-18(2)17-31-26-27-24-23(25(30)29(26)20-11-7-4-8-12-20)21-13-14-28(16-22(21)32-24)15-19-9-5-3-6-10-19/h3-12,18H,13-17H2,1-2H3/p+1. The second-order valence-electron chi connectivity index (χ2n) is 8.85.